The van der Waals surface area contributed by atoms with Crippen molar-refractivity contribution in [3.63, 3.8) is 0 Å². The first-order valence-corrected chi connectivity index (χ1v) is 9.48. The van der Waals surface area contributed by atoms with E-state index >= 15 is 0 Å². The van der Waals surface area contributed by atoms with Gasteiger partial charge in [-0.3, -0.25) is 4.79 Å². The van der Waals surface area contributed by atoms with E-state index in [-0.39, 0.29) is 23.8 Å². The van der Waals surface area contributed by atoms with Crippen molar-refractivity contribution in [3.8, 4) is 0 Å². The molecule has 0 radical (unpaired) electrons. The van der Waals surface area contributed by atoms with Crippen molar-refractivity contribution in [2.45, 2.75) is 24.8 Å². The number of amides is 1. The highest BCUT2D eigenvalue weighted by atomic mass is 32.2. The summed E-state index contributed by atoms with van der Waals surface area (Å²) in [6, 6.07) is 9.69. The zero-order valence-electron chi connectivity index (χ0n) is 14.4. The maximum absolute atomic E-state index is 13.0. The first-order valence-electron chi connectivity index (χ1n) is 8.04. The minimum Gasteiger partial charge on any atom is -0.348 e. The SMILES string of the molecule is CCN(CC(=O)N[C@@H](C)c1ccc(F)cc1)S(=O)(=O)c1ccc(F)cc1. The predicted molar refractivity (Wildman–Crippen MR) is 93.8 cm³/mol. The van der Waals surface area contributed by atoms with Crippen molar-refractivity contribution in [1.82, 2.24) is 9.62 Å². The van der Waals surface area contributed by atoms with Gasteiger partial charge in [-0.15, -0.1) is 0 Å². The van der Waals surface area contributed by atoms with E-state index in [9.17, 15) is 22.0 Å². The molecule has 8 heteroatoms. The summed E-state index contributed by atoms with van der Waals surface area (Å²) >= 11 is 0. The van der Waals surface area contributed by atoms with Crippen LogP contribution in [0.1, 0.15) is 25.5 Å². The van der Waals surface area contributed by atoms with Gasteiger partial charge >= 0.3 is 0 Å². The molecule has 140 valence electrons. The first kappa shape index (κ1) is 20.0. The number of nitrogens with zero attached hydrogens (tertiary/aromatic N) is 1. The molecule has 1 atom stereocenters. The van der Waals surface area contributed by atoms with Crippen LogP contribution in [0.2, 0.25) is 0 Å². The lowest BCUT2D eigenvalue weighted by molar-refractivity contribution is -0.121. The van der Waals surface area contributed by atoms with Crippen molar-refractivity contribution in [2.75, 3.05) is 13.1 Å². The molecule has 2 aromatic rings. The molecule has 1 N–H and O–H groups in total. The highest BCUT2D eigenvalue weighted by Crippen LogP contribution is 2.17. The number of halogens is 2. The van der Waals surface area contributed by atoms with Gasteiger partial charge in [0.2, 0.25) is 15.9 Å². The molecule has 0 heterocycles. The van der Waals surface area contributed by atoms with Crippen LogP contribution in [0.15, 0.2) is 53.4 Å². The lowest BCUT2D eigenvalue weighted by Gasteiger charge is -2.21. The van der Waals surface area contributed by atoms with Crippen molar-refractivity contribution in [3.05, 3.63) is 65.7 Å². The quantitative estimate of drug-likeness (QED) is 0.801. The number of hydrogen-bond donors (Lipinski definition) is 1. The van der Waals surface area contributed by atoms with E-state index in [2.05, 4.69) is 5.32 Å². The van der Waals surface area contributed by atoms with Gasteiger partial charge in [-0.05, 0) is 48.9 Å². The van der Waals surface area contributed by atoms with Crippen LogP contribution in [-0.4, -0.2) is 31.7 Å². The van der Waals surface area contributed by atoms with Crippen molar-refractivity contribution in [1.29, 1.82) is 0 Å². The molecule has 0 aromatic heterocycles. The monoisotopic (exact) mass is 382 g/mol. The van der Waals surface area contributed by atoms with Gasteiger partial charge in [0.1, 0.15) is 11.6 Å². The number of carbonyl (C=O) groups excluding carboxylic acids is 1. The number of benzene rings is 2. The Morgan fingerprint density at radius 2 is 1.54 bits per heavy atom. The first-order chi connectivity index (χ1) is 12.2. The summed E-state index contributed by atoms with van der Waals surface area (Å²) < 4.78 is 52.1. The minimum atomic E-state index is -3.91. The van der Waals surface area contributed by atoms with Crippen LogP contribution < -0.4 is 5.32 Å². The van der Waals surface area contributed by atoms with Gasteiger partial charge in [-0.25, -0.2) is 17.2 Å². The van der Waals surface area contributed by atoms with Crippen LogP contribution in [0.3, 0.4) is 0 Å². The Labute approximate surface area is 151 Å². The van der Waals surface area contributed by atoms with Crippen LogP contribution in [-0.2, 0) is 14.8 Å². The van der Waals surface area contributed by atoms with Crippen LogP contribution in [0.4, 0.5) is 8.78 Å². The molecule has 0 fully saturated rings. The van der Waals surface area contributed by atoms with Gasteiger partial charge in [0, 0.05) is 6.54 Å². The second-order valence-electron chi connectivity index (χ2n) is 5.73. The third kappa shape index (κ3) is 4.86. The van der Waals surface area contributed by atoms with Gasteiger partial charge < -0.3 is 5.32 Å². The number of carbonyl (C=O) groups is 1. The molecular formula is C18H20F2N2O3S. The molecule has 0 aliphatic rings. The Balaban J connectivity index is 2.07. The van der Waals surface area contributed by atoms with E-state index in [4.69, 9.17) is 0 Å². The summed E-state index contributed by atoms with van der Waals surface area (Å²) in [5.41, 5.74) is 0.698. The highest BCUT2D eigenvalue weighted by molar-refractivity contribution is 7.89. The summed E-state index contributed by atoms with van der Waals surface area (Å²) in [4.78, 5) is 12.2. The number of nitrogens with one attached hydrogen (secondary N) is 1. The molecule has 5 nitrogen and oxygen atoms in total. The second-order valence-corrected chi connectivity index (χ2v) is 7.66. The van der Waals surface area contributed by atoms with Crippen LogP contribution in [0, 0.1) is 11.6 Å². The summed E-state index contributed by atoms with van der Waals surface area (Å²) in [5, 5.41) is 2.69. The fraction of sp³-hybridized carbons (Fsp3) is 0.278. The Morgan fingerprint density at radius 3 is 2.04 bits per heavy atom. The van der Waals surface area contributed by atoms with Crippen molar-refractivity contribution >= 4 is 15.9 Å². The highest BCUT2D eigenvalue weighted by Gasteiger charge is 2.25. The third-order valence-electron chi connectivity index (χ3n) is 3.87. The maximum atomic E-state index is 13.0. The fourth-order valence-corrected chi connectivity index (χ4v) is 3.81. The van der Waals surface area contributed by atoms with E-state index < -0.39 is 27.8 Å². The van der Waals surface area contributed by atoms with E-state index in [1.807, 2.05) is 0 Å². The topological polar surface area (TPSA) is 66.5 Å². The Bertz CT molecular complexity index is 853. The standard InChI is InChI=1S/C18H20F2N2O3S/c1-3-22(26(24,25)17-10-8-16(20)9-11-17)12-18(23)21-13(2)14-4-6-15(19)7-5-14/h4-11,13H,3,12H2,1-2H3,(H,21,23)/t13-/m0/s1. The number of rotatable bonds is 7. The molecule has 0 bridgehead atoms. The summed E-state index contributed by atoms with van der Waals surface area (Å²) in [6.07, 6.45) is 0. The molecule has 0 saturated heterocycles. The van der Waals surface area contributed by atoms with Gasteiger partial charge in [0.15, 0.2) is 0 Å². The normalized spacial score (nSPS) is 12.8. The number of sulfonamides is 1. The van der Waals surface area contributed by atoms with Crippen LogP contribution in [0.5, 0.6) is 0 Å². The molecule has 2 aromatic carbocycles. The molecule has 2 rings (SSSR count). The largest absolute Gasteiger partial charge is 0.348 e. The zero-order valence-corrected chi connectivity index (χ0v) is 15.3. The fourth-order valence-electron chi connectivity index (χ4n) is 2.40. The summed E-state index contributed by atoms with van der Waals surface area (Å²) in [7, 11) is -3.91. The van der Waals surface area contributed by atoms with E-state index in [0.717, 1.165) is 28.6 Å². The Morgan fingerprint density at radius 1 is 1.04 bits per heavy atom. The Kier molecular flexibility index (Phi) is 6.44. The van der Waals surface area contributed by atoms with Gasteiger partial charge in [-0.2, -0.15) is 4.31 Å². The van der Waals surface area contributed by atoms with E-state index in [1.165, 1.54) is 12.1 Å². The molecule has 0 saturated carbocycles. The summed E-state index contributed by atoms with van der Waals surface area (Å²) in [6.45, 7) is 3.04. The van der Waals surface area contributed by atoms with Gasteiger partial charge in [-0.1, -0.05) is 19.1 Å². The second kappa shape index (κ2) is 8.37. The van der Waals surface area contributed by atoms with Crippen LogP contribution in [0.25, 0.3) is 0 Å². The predicted octanol–water partition coefficient (Wildman–Crippen LogP) is 2.85. The lowest BCUT2D eigenvalue weighted by atomic mass is 10.1. The third-order valence-corrected chi connectivity index (χ3v) is 5.81. The van der Waals surface area contributed by atoms with Crippen molar-refractivity contribution < 1.29 is 22.0 Å². The molecule has 0 spiro atoms. The molecule has 1 amide bonds. The van der Waals surface area contributed by atoms with E-state index in [0.29, 0.717) is 5.56 Å². The summed E-state index contributed by atoms with van der Waals surface area (Å²) in [5.74, 6) is -1.41. The average Bonchev–Trinajstić information content (AvgIpc) is 2.60. The smallest absolute Gasteiger partial charge is 0.243 e. The number of likely N-dealkylation sites (N-methyl/N-ethyl adjacent to an activating group) is 1. The van der Waals surface area contributed by atoms with Gasteiger partial charge in [0.25, 0.3) is 0 Å². The minimum absolute atomic E-state index is 0.0814. The maximum Gasteiger partial charge on any atom is 0.243 e. The molecule has 0 aliphatic carbocycles. The Hall–Kier alpha value is -2.32. The van der Waals surface area contributed by atoms with Gasteiger partial charge in [0.05, 0.1) is 17.5 Å². The number of hydrogen-bond acceptors (Lipinski definition) is 3. The molecule has 0 aliphatic heterocycles. The molecular weight excluding hydrogens is 362 g/mol. The van der Waals surface area contributed by atoms with E-state index in [1.54, 1.807) is 26.0 Å². The van der Waals surface area contributed by atoms with Crippen molar-refractivity contribution in [2.24, 2.45) is 0 Å². The van der Waals surface area contributed by atoms with Crippen LogP contribution >= 0.6 is 0 Å². The molecule has 26 heavy (non-hydrogen) atoms. The lowest BCUT2D eigenvalue weighted by Crippen LogP contribution is -2.41. The zero-order chi connectivity index (χ0) is 19.3. The average molecular weight is 382 g/mol. The molecule has 0 unspecified atom stereocenters.